The molecule has 1 rings (SSSR count). The van der Waals surface area contributed by atoms with E-state index in [0.717, 1.165) is 0 Å². The highest BCUT2D eigenvalue weighted by Gasteiger charge is 2.38. The van der Waals surface area contributed by atoms with Crippen LogP contribution in [-0.2, 0) is 78.3 Å². The molecule has 0 bridgehead atoms. The van der Waals surface area contributed by atoms with E-state index in [9.17, 15) is 92.3 Å². The van der Waals surface area contributed by atoms with Gasteiger partial charge in [-0.3, -0.25) is 71.9 Å². The number of primary amides is 2. The Labute approximate surface area is 519 Å². The van der Waals surface area contributed by atoms with Crippen LogP contribution in [0.5, 0.6) is 5.75 Å². The number of carboxylic acid groups (broad SMARTS) is 3. The van der Waals surface area contributed by atoms with Crippen LogP contribution < -0.4 is 81.8 Å². The van der Waals surface area contributed by atoms with Gasteiger partial charge in [0.1, 0.15) is 66.2 Å². The summed E-state index contributed by atoms with van der Waals surface area (Å²) in [6.45, 7) is 9.26. The number of benzene rings is 1. The zero-order valence-electron chi connectivity index (χ0n) is 51.4. The lowest BCUT2D eigenvalue weighted by atomic mass is 9.96. The molecule has 0 fully saturated rings. The summed E-state index contributed by atoms with van der Waals surface area (Å²) in [4.78, 5) is 198. The number of phenolic OH excluding ortho intramolecular Hbond substituents is 1. The lowest BCUT2D eigenvalue weighted by Crippen LogP contribution is -2.62. The van der Waals surface area contributed by atoms with Crippen molar-refractivity contribution in [3.8, 4) is 5.75 Å². The fourth-order valence-electron chi connectivity index (χ4n) is 8.52. The van der Waals surface area contributed by atoms with E-state index in [2.05, 4.69) is 53.2 Å². The van der Waals surface area contributed by atoms with E-state index < -0.39 is 199 Å². The monoisotopic (exact) mass is 1280 g/mol. The molecule has 1 aromatic carbocycles. The first-order valence-corrected chi connectivity index (χ1v) is 29.4. The Morgan fingerprint density at radius 2 is 0.800 bits per heavy atom. The summed E-state index contributed by atoms with van der Waals surface area (Å²) in [5, 5.41) is 62.3. The second-order valence-corrected chi connectivity index (χ2v) is 21.8. The van der Waals surface area contributed by atoms with Crippen LogP contribution >= 0.6 is 0 Å². The minimum atomic E-state index is -2.10. The van der Waals surface area contributed by atoms with Crippen molar-refractivity contribution < 1.29 is 92.3 Å². The van der Waals surface area contributed by atoms with Crippen molar-refractivity contribution in [1.82, 2.24) is 53.2 Å². The molecule has 0 spiro atoms. The van der Waals surface area contributed by atoms with Crippen molar-refractivity contribution in [1.29, 1.82) is 0 Å². The van der Waals surface area contributed by atoms with Gasteiger partial charge in [-0.2, -0.15) is 0 Å². The quantitative estimate of drug-likeness (QED) is 0.0271. The van der Waals surface area contributed by atoms with Crippen molar-refractivity contribution in [2.75, 3.05) is 13.1 Å². The van der Waals surface area contributed by atoms with Crippen molar-refractivity contribution in [3.05, 3.63) is 29.8 Å². The summed E-state index contributed by atoms with van der Waals surface area (Å²) in [6.07, 6.45) is -2.72. The number of hydrogen-bond donors (Lipinski definition) is 19. The number of carbonyl (C=O) groups excluding carboxylic acids is 12. The van der Waals surface area contributed by atoms with Crippen LogP contribution in [0, 0.1) is 11.8 Å². The molecular formula is C56H91N15O19. The molecule has 1 aromatic rings. The molecule has 0 saturated carbocycles. The second kappa shape index (κ2) is 40.5. The Morgan fingerprint density at radius 1 is 0.422 bits per heavy atom. The number of carbonyl (C=O) groups is 15. The van der Waals surface area contributed by atoms with Gasteiger partial charge in [0.15, 0.2) is 0 Å². The lowest BCUT2D eigenvalue weighted by molar-refractivity contribution is -0.142. The Bertz CT molecular complexity index is 2670. The Hall–Kier alpha value is -9.05. The molecule has 90 heavy (non-hydrogen) atoms. The SMILES string of the molecule is CC[C@H](C)[C@H](NC(=O)[C@H](Cc1ccc(O)cc1)NC(=O)[C@H](CCCCN)NC(=O)[C@H](CC(N)=O)NC(=O)[C@@H](NC(=O)[C@H](CC(=O)O)NC(=O)[C@H](CCC(N)=O)NC(=O)[C@H](CC(=O)O)NC(=O)[C@H](C)NC(=O)[C@@H](N)CCCCN)[C@@H](C)CC)C(=O)N[C@@H](C)C(=O)O. The zero-order valence-corrected chi connectivity index (χ0v) is 51.4. The molecule has 0 radical (unpaired) electrons. The summed E-state index contributed by atoms with van der Waals surface area (Å²) in [5.41, 5.74) is 28.3. The van der Waals surface area contributed by atoms with Gasteiger partial charge in [0, 0.05) is 12.8 Å². The van der Waals surface area contributed by atoms with E-state index in [1.165, 1.54) is 45.0 Å². The highest BCUT2D eigenvalue weighted by atomic mass is 16.4. The van der Waals surface area contributed by atoms with Gasteiger partial charge in [0.25, 0.3) is 0 Å². The third kappa shape index (κ3) is 29.3. The van der Waals surface area contributed by atoms with E-state index in [1.807, 2.05) is 0 Å². The molecule has 0 aliphatic rings. The van der Waals surface area contributed by atoms with Crippen LogP contribution in [0.3, 0.4) is 0 Å². The number of rotatable bonds is 44. The molecule has 0 unspecified atom stereocenters. The van der Waals surface area contributed by atoms with Crippen molar-refractivity contribution in [2.45, 2.75) is 198 Å². The molecular weight excluding hydrogens is 1190 g/mol. The van der Waals surface area contributed by atoms with Gasteiger partial charge in [-0.15, -0.1) is 0 Å². The minimum Gasteiger partial charge on any atom is -0.508 e. The van der Waals surface area contributed by atoms with Gasteiger partial charge in [0.05, 0.1) is 25.3 Å². The Morgan fingerprint density at radius 3 is 1.24 bits per heavy atom. The summed E-state index contributed by atoms with van der Waals surface area (Å²) in [5.74, 6) is -19.4. The maximum Gasteiger partial charge on any atom is 0.325 e. The highest BCUT2D eigenvalue weighted by Crippen LogP contribution is 2.16. The van der Waals surface area contributed by atoms with E-state index in [1.54, 1.807) is 20.8 Å². The predicted octanol–water partition coefficient (Wildman–Crippen LogP) is -5.33. The number of aliphatic carboxylic acids is 3. The summed E-state index contributed by atoms with van der Waals surface area (Å²) in [7, 11) is 0. The third-order valence-electron chi connectivity index (χ3n) is 14.3. The molecule has 0 saturated heterocycles. The highest BCUT2D eigenvalue weighted by molar-refractivity contribution is 6.01. The van der Waals surface area contributed by atoms with Gasteiger partial charge in [-0.25, -0.2) is 0 Å². The van der Waals surface area contributed by atoms with Crippen LogP contribution in [0.2, 0.25) is 0 Å². The zero-order chi connectivity index (χ0) is 68.5. The average Bonchev–Trinajstić information content (AvgIpc) is 1.28. The molecule has 0 heterocycles. The van der Waals surface area contributed by atoms with Gasteiger partial charge >= 0.3 is 17.9 Å². The summed E-state index contributed by atoms with van der Waals surface area (Å²) < 4.78 is 0. The largest absolute Gasteiger partial charge is 0.508 e. The number of aromatic hydroxyl groups is 1. The first-order chi connectivity index (χ1) is 42.2. The number of nitrogens with one attached hydrogen (secondary N) is 10. The topological polar surface area (TPSA) is 587 Å². The maximum atomic E-state index is 14.4. The van der Waals surface area contributed by atoms with Gasteiger partial charge in [0.2, 0.25) is 70.9 Å². The number of carboxylic acids is 3. The maximum absolute atomic E-state index is 14.4. The molecule has 12 amide bonds. The van der Waals surface area contributed by atoms with Crippen LogP contribution in [0.15, 0.2) is 24.3 Å². The summed E-state index contributed by atoms with van der Waals surface area (Å²) in [6, 6.07) is -12.2. The number of hydrogen-bond acceptors (Lipinski definition) is 19. The van der Waals surface area contributed by atoms with Crippen LogP contribution in [-0.4, -0.2) is 189 Å². The fraction of sp³-hybridized carbons (Fsp3) is 0.625. The number of nitrogens with two attached hydrogens (primary N) is 5. The standard InChI is InChI=1S/C56H91N15O19/c1-7-27(3)44(54(87)63-30(6)56(89)90)70-52(85)36(23-31-15-17-32(72)18-16-31)67-48(81)34(14-10-12-22-58)64-50(83)37(24-41(61)74)69-55(88)45(28(4)8-2)71-53(86)39(26-43(77)78)68-49(82)35(19-20-40(60)73)65-51(84)38(25-42(75)76)66-46(79)29(5)62-47(80)33(59)13-9-11-21-57/h15-18,27-30,33-39,44-45,72H,7-14,19-26,57-59H2,1-6H3,(H2,60,73)(H2,61,74)(H,62,80)(H,63,87)(H,64,83)(H,65,84)(H,66,79)(H,67,81)(H,68,82)(H,69,88)(H,70,85)(H,71,86)(H,75,76)(H,77,78)(H,89,90)/t27-,28-,29-,30-,33-,34-,35-,36-,37-,38-,39-,44-,45-/m0/s1. The van der Waals surface area contributed by atoms with Gasteiger partial charge in [-0.1, -0.05) is 59.1 Å². The number of unbranched alkanes of at least 4 members (excludes halogenated alkanes) is 2. The van der Waals surface area contributed by atoms with E-state index >= 15 is 0 Å². The van der Waals surface area contributed by atoms with Gasteiger partial charge in [-0.05, 0) is 95.0 Å². The normalized spacial score (nSPS) is 15.3. The van der Waals surface area contributed by atoms with E-state index in [-0.39, 0.29) is 44.4 Å². The first-order valence-electron chi connectivity index (χ1n) is 29.4. The van der Waals surface area contributed by atoms with E-state index in [0.29, 0.717) is 37.8 Å². The molecule has 24 N–H and O–H groups in total. The Balaban J connectivity index is 3.64. The Kier molecular flexibility index (Phi) is 35.5. The molecule has 34 nitrogen and oxygen atoms in total. The smallest absolute Gasteiger partial charge is 0.325 e. The predicted molar refractivity (Wildman–Crippen MR) is 320 cm³/mol. The lowest BCUT2D eigenvalue weighted by Gasteiger charge is -2.30. The van der Waals surface area contributed by atoms with Crippen LogP contribution in [0.25, 0.3) is 0 Å². The second-order valence-electron chi connectivity index (χ2n) is 21.8. The van der Waals surface area contributed by atoms with Crippen molar-refractivity contribution in [2.24, 2.45) is 40.5 Å². The van der Waals surface area contributed by atoms with Gasteiger partial charge < -0.3 is 102 Å². The fourth-order valence-corrected chi connectivity index (χ4v) is 8.52. The van der Waals surface area contributed by atoms with Crippen LogP contribution in [0.1, 0.15) is 131 Å². The summed E-state index contributed by atoms with van der Waals surface area (Å²) >= 11 is 0. The molecule has 504 valence electrons. The van der Waals surface area contributed by atoms with Crippen molar-refractivity contribution in [3.63, 3.8) is 0 Å². The molecule has 34 heteroatoms. The molecule has 0 aromatic heterocycles. The third-order valence-corrected chi connectivity index (χ3v) is 14.3. The first kappa shape index (κ1) is 79.0. The molecule has 13 atom stereocenters. The average molecular weight is 1280 g/mol. The van der Waals surface area contributed by atoms with Crippen LogP contribution in [0.4, 0.5) is 0 Å². The van der Waals surface area contributed by atoms with E-state index in [4.69, 9.17) is 28.7 Å². The minimum absolute atomic E-state index is 0.0940. The number of amides is 12. The molecule has 0 aliphatic carbocycles. The van der Waals surface area contributed by atoms with Crippen molar-refractivity contribution >= 4 is 88.8 Å². The number of phenols is 1. The molecule has 0 aliphatic heterocycles.